The predicted molar refractivity (Wildman–Crippen MR) is 78.5 cm³/mol. The van der Waals surface area contributed by atoms with Crippen LogP contribution in [0, 0.1) is 0 Å². The molecular formula is C16H14F3NO3. The lowest BCUT2D eigenvalue weighted by Gasteiger charge is -2.09. The van der Waals surface area contributed by atoms with Gasteiger partial charge in [0.1, 0.15) is 11.5 Å². The highest BCUT2D eigenvalue weighted by Crippen LogP contribution is 2.23. The molecule has 0 fully saturated rings. The number of alkyl halides is 3. The van der Waals surface area contributed by atoms with Crippen molar-refractivity contribution in [1.29, 1.82) is 0 Å². The third kappa shape index (κ3) is 5.54. The highest BCUT2D eigenvalue weighted by Gasteiger charge is 2.30. The zero-order chi connectivity index (χ0) is 16.9. The molecule has 0 heterocycles. The third-order valence-electron chi connectivity index (χ3n) is 2.90. The van der Waals surface area contributed by atoms with Gasteiger partial charge in [0.15, 0.2) is 0 Å². The highest BCUT2D eigenvalue weighted by molar-refractivity contribution is 5.92. The fraction of sp³-hybridized carbons (Fsp3) is 0.188. The van der Waals surface area contributed by atoms with Crippen LogP contribution in [0.5, 0.6) is 11.5 Å². The van der Waals surface area contributed by atoms with E-state index in [1.807, 2.05) is 0 Å². The molecule has 4 nitrogen and oxygen atoms in total. The summed E-state index contributed by atoms with van der Waals surface area (Å²) in [7, 11) is 1.54. The summed E-state index contributed by atoms with van der Waals surface area (Å²) in [5.41, 5.74) is 1.18. The summed E-state index contributed by atoms with van der Waals surface area (Å²) < 4.78 is 44.9. The summed E-state index contributed by atoms with van der Waals surface area (Å²) in [5.74, 6) is 0.0692. The van der Waals surface area contributed by atoms with E-state index in [9.17, 15) is 18.0 Å². The van der Waals surface area contributed by atoms with Crippen LogP contribution in [-0.4, -0.2) is 19.4 Å². The Morgan fingerprint density at radius 1 is 1.00 bits per heavy atom. The first-order chi connectivity index (χ1) is 10.9. The van der Waals surface area contributed by atoms with Crippen LogP contribution >= 0.6 is 0 Å². The van der Waals surface area contributed by atoms with Gasteiger partial charge in [-0.25, -0.2) is 0 Å². The maximum absolute atomic E-state index is 12.1. The van der Waals surface area contributed by atoms with Crippen LogP contribution in [-0.2, 0) is 11.2 Å². The van der Waals surface area contributed by atoms with Crippen LogP contribution in [0.4, 0.5) is 18.9 Å². The van der Waals surface area contributed by atoms with Gasteiger partial charge in [0, 0.05) is 5.69 Å². The topological polar surface area (TPSA) is 47.6 Å². The Hall–Kier alpha value is -2.70. The summed E-state index contributed by atoms with van der Waals surface area (Å²) in [6.45, 7) is 0. The van der Waals surface area contributed by atoms with E-state index in [2.05, 4.69) is 10.1 Å². The molecule has 0 saturated heterocycles. The second-order valence-corrected chi connectivity index (χ2v) is 4.65. The van der Waals surface area contributed by atoms with Gasteiger partial charge in [0.25, 0.3) is 0 Å². The number of hydrogen-bond donors (Lipinski definition) is 1. The summed E-state index contributed by atoms with van der Waals surface area (Å²) in [6.07, 6.45) is -4.69. The Morgan fingerprint density at radius 2 is 1.57 bits per heavy atom. The van der Waals surface area contributed by atoms with Crippen LogP contribution < -0.4 is 14.8 Å². The summed E-state index contributed by atoms with van der Waals surface area (Å²) in [6, 6.07) is 12.0. The Kier molecular flexibility index (Phi) is 5.10. The van der Waals surface area contributed by atoms with Gasteiger partial charge >= 0.3 is 6.36 Å². The molecule has 0 aromatic heterocycles. The molecule has 7 heteroatoms. The normalized spacial score (nSPS) is 11.0. The van der Waals surface area contributed by atoms with E-state index in [4.69, 9.17) is 4.74 Å². The second kappa shape index (κ2) is 7.04. The Balaban J connectivity index is 1.91. The highest BCUT2D eigenvalue weighted by atomic mass is 19.4. The zero-order valence-corrected chi connectivity index (χ0v) is 12.2. The van der Waals surface area contributed by atoms with Gasteiger partial charge < -0.3 is 14.8 Å². The zero-order valence-electron chi connectivity index (χ0n) is 12.2. The minimum atomic E-state index is -4.73. The fourth-order valence-corrected chi connectivity index (χ4v) is 1.87. The van der Waals surface area contributed by atoms with Gasteiger partial charge in [-0.05, 0) is 42.0 Å². The standard InChI is InChI=1S/C16H14F3NO3/c1-22-13-8-4-12(5-9-13)20-15(21)10-11-2-6-14(7-3-11)23-16(17,18)19/h2-9H,10H2,1H3,(H,20,21). The molecule has 2 rings (SSSR count). The molecule has 23 heavy (non-hydrogen) atoms. The molecule has 0 bridgehead atoms. The molecule has 2 aromatic rings. The number of carbonyl (C=O) groups excluding carboxylic acids is 1. The van der Waals surface area contributed by atoms with Gasteiger partial charge in [0.05, 0.1) is 13.5 Å². The number of halogens is 3. The molecule has 2 aromatic carbocycles. The number of carbonyl (C=O) groups is 1. The average Bonchev–Trinajstić information content (AvgIpc) is 2.48. The van der Waals surface area contributed by atoms with Crippen LogP contribution in [0.3, 0.4) is 0 Å². The van der Waals surface area contributed by atoms with Crippen molar-refractivity contribution < 1.29 is 27.4 Å². The van der Waals surface area contributed by atoms with Crippen molar-refractivity contribution in [3.63, 3.8) is 0 Å². The lowest BCUT2D eigenvalue weighted by molar-refractivity contribution is -0.274. The first-order valence-electron chi connectivity index (χ1n) is 6.64. The maximum atomic E-state index is 12.1. The van der Waals surface area contributed by atoms with Gasteiger partial charge in [-0.2, -0.15) is 0 Å². The number of anilines is 1. The second-order valence-electron chi connectivity index (χ2n) is 4.65. The van der Waals surface area contributed by atoms with E-state index in [-0.39, 0.29) is 18.1 Å². The molecule has 0 radical (unpaired) electrons. The van der Waals surface area contributed by atoms with Crippen LogP contribution in [0.25, 0.3) is 0 Å². The quantitative estimate of drug-likeness (QED) is 0.910. The molecule has 0 aliphatic carbocycles. The van der Waals surface area contributed by atoms with Gasteiger partial charge in [0.2, 0.25) is 5.91 Å². The van der Waals surface area contributed by atoms with Gasteiger partial charge in [-0.1, -0.05) is 12.1 Å². The monoisotopic (exact) mass is 325 g/mol. The van der Waals surface area contributed by atoms with Crippen molar-refractivity contribution in [2.45, 2.75) is 12.8 Å². The van der Waals surface area contributed by atoms with E-state index in [1.54, 1.807) is 31.4 Å². The van der Waals surface area contributed by atoms with Crippen LogP contribution in [0.15, 0.2) is 48.5 Å². The summed E-state index contributed by atoms with van der Waals surface area (Å²) in [5, 5.41) is 2.69. The van der Waals surface area contributed by atoms with Crippen molar-refractivity contribution in [2.24, 2.45) is 0 Å². The van der Waals surface area contributed by atoms with E-state index in [1.165, 1.54) is 24.3 Å². The fourth-order valence-electron chi connectivity index (χ4n) is 1.87. The average molecular weight is 325 g/mol. The van der Waals surface area contributed by atoms with Crippen LogP contribution in [0.1, 0.15) is 5.56 Å². The lowest BCUT2D eigenvalue weighted by Crippen LogP contribution is -2.17. The molecule has 0 aliphatic rings. The minimum Gasteiger partial charge on any atom is -0.497 e. The Bertz CT molecular complexity index is 652. The third-order valence-corrected chi connectivity index (χ3v) is 2.90. The number of hydrogen-bond acceptors (Lipinski definition) is 3. The molecule has 0 saturated carbocycles. The number of methoxy groups -OCH3 is 1. The number of benzene rings is 2. The molecule has 0 aliphatic heterocycles. The van der Waals surface area contributed by atoms with Crippen molar-refractivity contribution in [2.75, 3.05) is 12.4 Å². The van der Waals surface area contributed by atoms with Gasteiger partial charge in [-0.3, -0.25) is 4.79 Å². The Morgan fingerprint density at radius 3 is 2.09 bits per heavy atom. The Labute approximate surface area is 130 Å². The van der Waals surface area contributed by atoms with Crippen molar-refractivity contribution in [3.8, 4) is 11.5 Å². The van der Waals surface area contributed by atoms with Crippen molar-refractivity contribution in [1.82, 2.24) is 0 Å². The number of nitrogens with one attached hydrogen (secondary N) is 1. The van der Waals surface area contributed by atoms with E-state index in [0.717, 1.165) is 0 Å². The van der Waals surface area contributed by atoms with E-state index in [0.29, 0.717) is 17.0 Å². The molecule has 0 spiro atoms. The summed E-state index contributed by atoms with van der Waals surface area (Å²) in [4.78, 5) is 11.9. The molecule has 122 valence electrons. The number of rotatable bonds is 5. The van der Waals surface area contributed by atoms with E-state index >= 15 is 0 Å². The smallest absolute Gasteiger partial charge is 0.497 e. The largest absolute Gasteiger partial charge is 0.573 e. The molecular weight excluding hydrogens is 311 g/mol. The number of ether oxygens (including phenoxy) is 2. The van der Waals surface area contributed by atoms with Gasteiger partial charge in [-0.15, -0.1) is 13.2 Å². The first kappa shape index (κ1) is 16.7. The predicted octanol–water partition coefficient (Wildman–Crippen LogP) is 3.78. The minimum absolute atomic E-state index is 0.0400. The summed E-state index contributed by atoms with van der Waals surface area (Å²) >= 11 is 0. The van der Waals surface area contributed by atoms with Crippen LogP contribution in [0.2, 0.25) is 0 Å². The number of amides is 1. The van der Waals surface area contributed by atoms with E-state index < -0.39 is 6.36 Å². The van der Waals surface area contributed by atoms with Crippen molar-refractivity contribution in [3.05, 3.63) is 54.1 Å². The molecule has 0 unspecified atom stereocenters. The molecule has 1 N–H and O–H groups in total. The lowest BCUT2D eigenvalue weighted by atomic mass is 10.1. The molecule has 0 atom stereocenters. The maximum Gasteiger partial charge on any atom is 0.573 e. The van der Waals surface area contributed by atoms with Crippen molar-refractivity contribution >= 4 is 11.6 Å². The molecule has 1 amide bonds. The first-order valence-corrected chi connectivity index (χ1v) is 6.64. The SMILES string of the molecule is COc1ccc(NC(=O)Cc2ccc(OC(F)(F)F)cc2)cc1.